The summed E-state index contributed by atoms with van der Waals surface area (Å²) < 4.78 is 6.11. The van der Waals surface area contributed by atoms with Crippen molar-refractivity contribution in [2.45, 2.75) is 12.2 Å². The summed E-state index contributed by atoms with van der Waals surface area (Å²) in [7, 11) is 0. The first kappa shape index (κ1) is 12.9. The fourth-order valence-electron chi connectivity index (χ4n) is 3.58. The maximum absolute atomic E-state index is 6.11. The Balaban J connectivity index is 1.60. The topological polar surface area (TPSA) is 12.5 Å². The molecule has 1 aliphatic rings. The van der Waals surface area contributed by atoms with Crippen molar-refractivity contribution in [3.63, 3.8) is 0 Å². The Morgan fingerprint density at radius 2 is 0.913 bits per heavy atom. The van der Waals surface area contributed by atoms with Crippen LogP contribution in [0.3, 0.4) is 0 Å². The van der Waals surface area contributed by atoms with Crippen LogP contribution in [0.15, 0.2) is 84.9 Å². The molecular weight excluding hydrogens is 280 g/mol. The Morgan fingerprint density at radius 3 is 1.43 bits per heavy atom. The van der Waals surface area contributed by atoms with Crippen LogP contribution < -0.4 is 0 Å². The molecule has 0 radical (unpaired) electrons. The van der Waals surface area contributed by atoms with E-state index in [1.807, 2.05) is 0 Å². The molecule has 4 aromatic rings. The van der Waals surface area contributed by atoms with Gasteiger partial charge in [-0.15, -0.1) is 0 Å². The van der Waals surface area contributed by atoms with Gasteiger partial charge in [-0.2, -0.15) is 0 Å². The predicted octanol–water partition coefficient (Wildman–Crippen LogP) is 5.81. The van der Waals surface area contributed by atoms with E-state index in [1.54, 1.807) is 0 Å². The van der Waals surface area contributed by atoms with Gasteiger partial charge in [-0.25, -0.2) is 0 Å². The first-order valence-electron chi connectivity index (χ1n) is 8.02. The van der Waals surface area contributed by atoms with Crippen molar-refractivity contribution in [2.24, 2.45) is 0 Å². The zero-order chi connectivity index (χ0) is 15.2. The molecule has 1 saturated heterocycles. The number of rotatable bonds is 2. The zero-order valence-electron chi connectivity index (χ0n) is 12.6. The third kappa shape index (κ3) is 2.05. The summed E-state index contributed by atoms with van der Waals surface area (Å²) in [5.74, 6) is 0. The second kappa shape index (κ2) is 4.94. The molecule has 1 heteroatoms. The number of epoxide rings is 1. The van der Waals surface area contributed by atoms with Crippen LogP contribution in [0.2, 0.25) is 0 Å². The van der Waals surface area contributed by atoms with Crippen LogP contribution in [-0.4, -0.2) is 0 Å². The lowest BCUT2D eigenvalue weighted by molar-refractivity contribution is 0.379. The fraction of sp³-hybridized carbons (Fsp3) is 0.0909. The van der Waals surface area contributed by atoms with Crippen LogP contribution in [0.5, 0.6) is 0 Å². The van der Waals surface area contributed by atoms with E-state index >= 15 is 0 Å². The van der Waals surface area contributed by atoms with Gasteiger partial charge >= 0.3 is 0 Å². The summed E-state index contributed by atoms with van der Waals surface area (Å²) in [4.78, 5) is 0. The highest BCUT2D eigenvalue weighted by molar-refractivity contribution is 5.88. The number of hydrogen-bond acceptors (Lipinski definition) is 1. The van der Waals surface area contributed by atoms with Crippen LogP contribution in [0.4, 0.5) is 0 Å². The van der Waals surface area contributed by atoms with E-state index in [4.69, 9.17) is 4.74 Å². The van der Waals surface area contributed by atoms with Gasteiger partial charge in [-0.05, 0) is 32.7 Å². The summed E-state index contributed by atoms with van der Waals surface area (Å²) in [5, 5.41) is 5.14. The molecule has 1 aliphatic heterocycles. The molecule has 5 rings (SSSR count). The molecule has 1 heterocycles. The molecule has 0 N–H and O–H groups in total. The van der Waals surface area contributed by atoms with E-state index in [2.05, 4.69) is 84.9 Å². The third-order valence-electron chi connectivity index (χ3n) is 4.75. The molecule has 0 spiro atoms. The highest BCUT2D eigenvalue weighted by atomic mass is 16.6. The molecule has 0 unspecified atom stereocenters. The van der Waals surface area contributed by atoms with Crippen molar-refractivity contribution in [1.82, 2.24) is 0 Å². The fourth-order valence-corrected chi connectivity index (χ4v) is 3.58. The molecule has 0 bridgehead atoms. The Kier molecular flexibility index (Phi) is 2.76. The Labute approximate surface area is 135 Å². The Bertz CT molecular complexity index is 924. The quantitative estimate of drug-likeness (QED) is 0.425. The molecule has 0 aromatic heterocycles. The van der Waals surface area contributed by atoms with Gasteiger partial charge in [0.05, 0.1) is 0 Å². The second-order valence-corrected chi connectivity index (χ2v) is 6.11. The monoisotopic (exact) mass is 296 g/mol. The van der Waals surface area contributed by atoms with Crippen molar-refractivity contribution in [3.05, 3.63) is 96.1 Å². The van der Waals surface area contributed by atoms with Crippen molar-refractivity contribution in [2.75, 3.05) is 0 Å². The minimum absolute atomic E-state index is 0.159. The van der Waals surface area contributed by atoms with Gasteiger partial charge in [0.1, 0.15) is 12.2 Å². The minimum Gasteiger partial charge on any atom is -0.359 e. The summed E-state index contributed by atoms with van der Waals surface area (Å²) in [6.07, 6.45) is 0.318. The van der Waals surface area contributed by atoms with E-state index in [0.29, 0.717) is 0 Å². The molecule has 0 amide bonds. The van der Waals surface area contributed by atoms with E-state index < -0.39 is 0 Å². The minimum atomic E-state index is 0.159. The normalized spacial score (nSPS) is 20.0. The van der Waals surface area contributed by atoms with Gasteiger partial charge in [0.25, 0.3) is 0 Å². The average Bonchev–Trinajstić information content (AvgIpc) is 3.41. The molecule has 0 saturated carbocycles. The predicted molar refractivity (Wildman–Crippen MR) is 94.5 cm³/mol. The largest absolute Gasteiger partial charge is 0.359 e. The summed E-state index contributed by atoms with van der Waals surface area (Å²) in [5.41, 5.74) is 2.59. The van der Waals surface area contributed by atoms with Crippen molar-refractivity contribution in [1.29, 1.82) is 0 Å². The smallest absolute Gasteiger partial charge is 0.114 e. The van der Waals surface area contributed by atoms with Gasteiger partial charge in [-0.1, -0.05) is 84.9 Å². The van der Waals surface area contributed by atoms with Gasteiger partial charge in [-0.3, -0.25) is 0 Å². The van der Waals surface area contributed by atoms with Gasteiger partial charge in [0, 0.05) is 0 Å². The van der Waals surface area contributed by atoms with E-state index in [9.17, 15) is 0 Å². The maximum Gasteiger partial charge on any atom is 0.114 e. The van der Waals surface area contributed by atoms with Crippen LogP contribution in [-0.2, 0) is 4.74 Å². The van der Waals surface area contributed by atoms with Gasteiger partial charge in [0.15, 0.2) is 0 Å². The lowest BCUT2D eigenvalue weighted by Gasteiger charge is -2.05. The average molecular weight is 296 g/mol. The molecule has 23 heavy (non-hydrogen) atoms. The van der Waals surface area contributed by atoms with Crippen LogP contribution in [0, 0.1) is 0 Å². The molecular formula is C22H16O. The standard InChI is InChI=1S/C22H16O/c1-3-11-17-15(7-1)9-5-13-19(17)21-22(23-21)20-14-6-10-16-8-2-4-12-18(16)20/h1-14,21-22H/t21-,22+. The van der Waals surface area contributed by atoms with Crippen LogP contribution in [0.25, 0.3) is 21.5 Å². The van der Waals surface area contributed by atoms with E-state index in [-0.39, 0.29) is 12.2 Å². The van der Waals surface area contributed by atoms with Gasteiger partial charge < -0.3 is 4.74 Å². The third-order valence-corrected chi connectivity index (χ3v) is 4.75. The number of ether oxygens (including phenoxy) is 1. The number of fused-ring (bicyclic) bond motifs is 2. The lowest BCUT2D eigenvalue weighted by Crippen LogP contribution is -1.88. The number of benzene rings is 4. The van der Waals surface area contributed by atoms with Crippen molar-refractivity contribution < 1.29 is 4.74 Å². The van der Waals surface area contributed by atoms with Crippen molar-refractivity contribution in [3.8, 4) is 0 Å². The molecule has 0 aliphatic carbocycles. The van der Waals surface area contributed by atoms with Crippen LogP contribution >= 0.6 is 0 Å². The second-order valence-electron chi connectivity index (χ2n) is 6.11. The number of hydrogen-bond donors (Lipinski definition) is 0. The molecule has 1 fully saturated rings. The molecule has 110 valence electrons. The maximum atomic E-state index is 6.11. The van der Waals surface area contributed by atoms with Crippen LogP contribution in [0.1, 0.15) is 23.3 Å². The first-order valence-corrected chi connectivity index (χ1v) is 8.02. The van der Waals surface area contributed by atoms with Crippen molar-refractivity contribution >= 4 is 21.5 Å². The van der Waals surface area contributed by atoms with Gasteiger partial charge in [0.2, 0.25) is 0 Å². The summed E-state index contributed by atoms with van der Waals surface area (Å²) in [6.45, 7) is 0. The zero-order valence-corrected chi connectivity index (χ0v) is 12.6. The Morgan fingerprint density at radius 1 is 0.478 bits per heavy atom. The molecule has 2 atom stereocenters. The van der Waals surface area contributed by atoms with E-state index in [0.717, 1.165) is 0 Å². The van der Waals surface area contributed by atoms with E-state index in [1.165, 1.54) is 32.7 Å². The highest BCUT2D eigenvalue weighted by Crippen LogP contribution is 2.53. The molecule has 1 nitrogen and oxygen atoms in total. The molecule has 4 aromatic carbocycles. The Hall–Kier alpha value is -2.64. The highest BCUT2D eigenvalue weighted by Gasteiger charge is 2.42. The SMILES string of the molecule is c1ccc2c([C@H]3O[C@H]3c3cccc4ccccc34)cccc2c1. The first-order chi connectivity index (χ1) is 11.4. The lowest BCUT2D eigenvalue weighted by atomic mass is 9.96. The summed E-state index contributed by atoms with van der Waals surface area (Å²) in [6, 6.07) is 30.0. The summed E-state index contributed by atoms with van der Waals surface area (Å²) >= 11 is 0.